The minimum absolute atomic E-state index is 0.133. The second-order valence-corrected chi connectivity index (χ2v) is 11.3. The normalized spacial score (nSPS) is 18.3. The highest BCUT2D eigenvalue weighted by molar-refractivity contribution is 7.90. The smallest absolute Gasteiger partial charge is 0.255 e. The standard InChI is InChI=1S/C25H34N4O3S/c1-33(31,32)22-8-5-7-21(19-22)25(30)27-23-9-6-13-26-24(23)29-17-11-20(12-18-29)10-16-28-14-3-2-4-15-28/h5-9,13,19-20H,2-4,10-12,14-18H2,1H3,(H,27,30). The first-order chi connectivity index (χ1) is 15.9. The summed E-state index contributed by atoms with van der Waals surface area (Å²) in [5, 5.41) is 2.94. The first kappa shape index (κ1) is 23.7. The molecule has 2 aliphatic rings. The first-order valence-corrected chi connectivity index (χ1v) is 13.8. The number of carbonyl (C=O) groups excluding carboxylic acids is 1. The minimum Gasteiger partial charge on any atom is -0.355 e. The van der Waals surface area contributed by atoms with Gasteiger partial charge in [0.2, 0.25) is 0 Å². The highest BCUT2D eigenvalue weighted by Gasteiger charge is 2.23. The number of nitrogens with zero attached hydrogens (tertiary/aromatic N) is 3. The molecule has 1 N–H and O–H groups in total. The number of anilines is 2. The van der Waals surface area contributed by atoms with E-state index in [1.165, 1.54) is 57.5 Å². The molecule has 2 aliphatic heterocycles. The fraction of sp³-hybridized carbons (Fsp3) is 0.520. The number of hydrogen-bond acceptors (Lipinski definition) is 6. The molecule has 0 radical (unpaired) electrons. The summed E-state index contributed by atoms with van der Waals surface area (Å²) < 4.78 is 23.7. The van der Waals surface area contributed by atoms with E-state index in [1.54, 1.807) is 24.4 Å². The summed E-state index contributed by atoms with van der Waals surface area (Å²) in [6.07, 6.45) is 10.5. The van der Waals surface area contributed by atoms with E-state index < -0.39 is 9.84 Å². The second kappa shape index (κ2) is 10.7. The van der Waals surface area contributed by atoms with Crippen LogP contribution in [0, 0.1) is 5.92 Å². The van der Waals surface area contributed by atoms with E-state index in [-0.39, 0.29) is 10.8 Å². The average molecular weight is 471 g/mol. The second-order valence-electron chi connectivity index (χ2n) is 9.25. The van der Waals surface area contributed by atoms with Gasteiger partial charge in [0.25, 0.3) is 5.91 Å². The topological polar surface area (TPSA) is 82.6 Å². The number of hydrogen-bond donors (Lipinski definition) is 1. The predicted molar refractivity (Wildman–Crippen MR) is 132 cm³/mol. The number of nitrogens with one attached hydrogen (secondary N) is 1. The molecule has 0 aliphatic carbocycles. The van der Waals surface area contributed by atoms with Gasteiger partial charge >= 0.3 is 0 Å². The van der Waals surface area contributed by atoms with Crippen molar-refractivity contribution in [3.63, 3.8) is 0 Å². The number of carbonyl (C=O) groups is 1. The number of sulfone groups is 1. The molecule has 1 aromatic carbocycles. The number of rotatable bonds is 7. The van der Waals surface area contributed by atoms with Crippen molar-refractivity contribution < 1.29 is 13.2 Å². The van der Waals surface area contributed by atoms with Crippen LogP contribution in [0.4, 0.5) is 11.5 Å². The van der Waals surface area contributed by atoms with E-state index in [4.69, 9.17) is 0 Å². The zero-order valence-electron chi connectivity index (χ0n) is 19.4. The molecule has 2 fully saturated rings. The van der Waals surface area contributed by atoms with Gasteiger partial charge in [0.15, 0.2) is 15.7 Å². The minimum atomic E-state index is -3.38. The van der Waals surface area contributed by atoms with Crippen molar-refractivity contribution in [2.24, 2.45) is 5.92 Å². The van der Waals surface area contributed by atoms with E-state index in [0.29, 0.717) is 11.3 Å². The molecule has 7 nitrogen and oxygen atoms in total. The van der Waals surface area contributed by atoms with Crippen LogP contribution < -0.4 is 10.2 Å². The first-order valence-electron chi connectivity index (χ1n) is 11.9. The Labute approximate surface area is 197 Å². The zero-order valence-corrected chi connectivity index (χ0v) is 20.2. The van der Waals surface area contributed by atoms with Crippen molar-refractivity contribution in [3.8, 4) is 0 Å². The van der Waals surface area contributed by atoms with Crippen LogP contribution in [-0.4, -0.2) is 63.2 Å². The molecule has 1 aromatic heterocycles. The van der Waals surface area contributed by atoms with Gasteiger partial charge in [-0.25, -0.2) is 13.4 Å². The molecule has 1 amide bonds. The number of pyridine rings is 1. The van der Waals surface area contributed by atoms with E-state index in [9.17, 15) is 13.2 Å². The molecular weight excluding hydrogens is 436 g/mol. The molecule has 0 unspecified atom stereocenters. The molecule has 3 heterocycles. The maximum absolute atomic E-state index is 12.9. The van der Waals surface area contributed by atoms with Gasteiger partial charge in [-0.15, -0.1) is 0 Å². The molecule has 4 rings (SSSR count). The van der Waals surface area contributed by atoms with E-state index in [1.807, 2.05) is 6.07 Å². The lowest BCUT2D eigenvalue weighted by Crippen LogP contribution is -2.37. The summed E-state index contributed by atoms with van der Waals surface area (Å²) in [6.45, 7) is 5.57. The number of piperidine rings is 2. The van der Waals surface area contributed by atoms with Gasteiger partial charge < -0.3 is 15.1 Å². The number of amides is 1. The molecule has 33 heavy (non-hydrogen) atoms. The summed E-state index contributed by atoms with van der Waals surface area (Å²) in [4.78, 5) is 22.4. The molecule has 178 valence electrons. The Hall–Kier alpha value is -2.45. The Morgan fingerprint density at radius 2 is 1.82 bits per heavy atom. The van der Waals surface area contributed by atoms with Crippen molar-refractivity contribution in [2.45, 2.75) is 43.4 Å². The van der Waals surface area contributed by atoms with Gasteiger partial charge in [-0.2, -0.15) is 0 Å². The molecule has 0 atom stereocenters. The summed E-state index contributed by atoms with van der Waals surface area (Å²) in [5.74, 6) is 1.18. The largest absolute Gasteiger partial charge is 0.355 e. The Morgan fingerprint density at radius 1 is 1.06 bits per heavy atom. The Kier molecular flexibility index (Phi) is 7.65. The van der Waals surface area contributed by atoms with Crippen LogP contribution in [0.3, 0.4) is 0 Å². The fourth-order valence-electron chi connectivity index (χ4n) is 4.79. The Balaban J connectivity index is 1.36. The Morgan fingerprint density at radius 3 is 2.55 bits per heavy atom. The lowest BCUT2D eigenvalue weighted by molar-refractivity contribution is 0.102. The maximum atomic E-state index is 12.9. The SMILES string of the molecule is CS(=O)(=O)c1cccc(C(=O)Nc2cccnc2N2CCC(CCN3CCCCC3)CC2)c1. The van der Waals surface area contributed by atoms with Crippen molar-refractivity contribution in [2.75, 3.05) is 49.2 Å². The van der Waals surface area contributed by atoms with Crippen molar-refractivity contribution >= 4 is 27.2 Å². The lowest BCUT2D eigenvalue weighted by Gasteiger charge is -2.35. The van der Waals surface area contributed by atoms with Crippen LogP contribution in [0.25, 0.3) is 0 Å². The van der Waals surface area contributed by atoms with Gasteiger partial charge in [-0.05, 0) is 88.0 Å². The Bertz CT molecular complexity index is 1060. The van der Waals surface area contributed by atoms with Crippen LogP contribution in [0.15, 0.2) is 47.5 Å². The zero-order chi connectivity index (χ0) is 23.3. The van der Waals surface area contributed by atoms with E-state index >= 15 is 0 Å². The molecule has 0 spiro atoms. The fourth-order valence-corrected chi connectivity index (χ4v) is 5.46. The molecular formula is C25H34N4O3S. The van der Waals surface area contributed by atoms with Crippen LogP contribution in [0.1, 0.15) is 48.9 Å². The van der Waals surface area contributed by atoms with Crippen LogP contribution in [-0.2, 0) is 9.84 Å². The molecule has 2 saturated heterocycles. The van der Waals surface area contributed by atoms with Gasteiger partial charge in [-0.1, -0.05) is 12.5 Å². The monoisotopic (exact) mass is 470 g/mol. The van der Waals surface area contributed by atoms with Crippen LogP contribution in [0.5, 0.6) is 0 Å². The summed E-state index contributed by atoms with van der Waals surface area (Å²) in [6, 6.07) is 9.77. The highest BCUT2D eigenvalue weighted by atomic mass is 32.2. The van der Waals surface area contributed by atoms with Gasteiger partial charge in [-0.3, -0.25) is 4.79 Å². The maximum Gasteiger partial charge on any atom is 0.255 e. The molecule has 8 heteroatoms. The average Bonchev–Trinajstić information content (AvgIpc) is 2.84. The molecule has 0 saturated carbocycles. The highest BCUT2D eigenvalue weighted by Crippen LogP contribution is 2.29. The van der Waals surface area contributed by atoms with Crippen molar-refractivity contribution in [1.82, 2.24) is 9.88 Å². The molecule has 0 bridgehead atoms. The van der Waals surface area contributed by atoms with E-state index in [0.717, 1.165) is 43.9 Å². The number of likely N-dealkylation sites (tertiary alicyclic amines) is 1. The van der Waals surface area contributed by atoms with Crippen molar-refractivity contribution in [3.05, 3.63) is 48.2 Å². The van der Waals surface area contributed by atoms with Crippen LogP contribution in [0.2, 0.25) is 0 Å². The van der Waals surface area contributed by atoms with Crippen LogP contribution >= 0.6 is 0 Å². The van der Waals surface area contributed by atoms with Gasteiger partial charge in [0.1, 0.15) is 0 Å². The quantitative estimate of drug-likeness (QED) is 0.662. The number of aromatic nitrogens is 1. The summed E-state index contributed by atoms with van der Waals surface area (Å²) >= 11 is 0. The van der Waals surface area contributed by atoms with Crippen molar-refractivity contribution in [1.29, 1.82) is 0 Å². The third-order valence-electron chi connectivity index (χ3n) is 6.78. The predicted octanol–water partition coefficient (Wildman–Crippen LogP) is 3.83. The van der Waals surface area contributed by atoms with Gasteiger partial charge in [0, 0.05) is 31.1 Å². The summed E-state index contributed by atoms with van der Waals surface area (Å²) in [7, 11) is -3.38. The summed E-state index contributed by atoms with van der Waals surface area (Å²) in [5.41, 5.74) is 0.961. The molecule has 2 aromatic rings. The number of benzene rings is 1. The van der Waals surface area contributed by atoms with E-state index in [2.05, 4.69) is 20.1 Å². The third-order valence-corrected chi connectivity index (χ3v) is 7.89. The van der Waals surface area contributed by atoms with Gasteiger partial charge in [0.05, 0.1) is 10.6 Å². The lowest BCUT2D eigenvalue weighted by atomic mass is 9.93. The third kappa shape index (κ3) is 6.32.